The molecule has 170 valence electrons. The molecule has 0 bridgehead atoms. The summed E-state index contributed by atoms with van der Waals surface area (Å²) in [6, 6.07) is 21.1. The van der Waals surface area contributed by atoms with Crippen LogP contribution in [0.4, 0.5) is 14.9 Å². The molecule has 3 aromatic rings. The molecule has 1 heterocycles. The quantitative estimate of drug-likeness (QED) is 0.495. The Morgan fingerprint density at radius 1 is 1.00 bits per heavy atom. The molecule has 8 heteroatoms. The van der Waals surface area contributed by atoms with Gasteiger partial charge in [-0.2, -0.15) is 0 Å². The Hall–Kier alpha value is -3.91. The van der Waals surface area contributed by atoms with Gasteiger partial charge in [-0.15, -0.1) is 0 Å². The van der Waals surface area contributed by atoms with Gasteiger partial charge in [-0.1, -0.05) is 30.3 Å². The van der Waals surface area contributed by atoms with Crippen molar-refractivity contribution in [2.75, 3.05) is 11.9 Å². The molecule has 2 atom stereocenters. The van der Waals surface area contributed by atoms with E-state index < -0.39 is 12.1 Å². The maximum Gasteiger partial charge on any atom is 0.407 e. The summed E-state index contributed by atoms with van der Waals surface area (Å²) in [7, 11) is 0. The number of rotatable bonds is 7. The highest BCUT2D eigenvalue weighted by Gasteiger charge is 2.35. The van der Waals surface area contributed by atoms with Crippen molar-refractivity contribution in [3.8, 4) is 11.5 Å². The van der Waals surface area contributed by atoms with Crippen molar-refractivity contribution >= 4 is 17.7 Å². The van der Waals surface area contributed by atoms with Gasteiger partial charge in [0.2, 0.25) is 5.91 Å². The van der Waals surface area contributed by atoms with Crippen LogP contribution in [0.2, 0.25) is 0 Å². The van der Waals surface area contributed by atoms with E-state index >= 15 is 0 Å². The van der Waals surface area contributed by atoms with Crippen LogP contribution in [0.3, 0.4) is 0 Å². The number of hydrogen-bond donors (Lipinski definition) is 3. The molecule has 0 saturated carbocycles. The largest absolute Gasteiger partial charge is 0.465 e. The molecule has 0 radical (unpaired) electrons. The lowest BCUT2D eigenvalue weighted by Crippen LogP contribution is -2.40. The van der Waals surface area contributed by atoms with E-state index in [1.54, 1.807) is 24.3 Å². The molecule has 0 aromatic heterocycles. The van der Waals surface area contributed by atoms with Gasteiger partial charge in [0.25, 0.3) is 0 Å². The van der Waals surface area contributed by atoms with Gasteiger partial charge in [0.1, 0.15) is 17.3 Å². The third-order valence-electron chi connectivity index (χ3n) is 5.48. The van der Waals surface area contributed by atoms with Gasteiger partial charge < -0.3 is 20.5 Å². The van der Waals surface area contributed by atoms with Gasteiger partial charge in [-0.05, 0) is 60.5 Å². The van der Waals surface area contributed by atoms with Gasteiger partial charge in [-0.3, -0.25) is 9.69 Å². The number of nitrogens with one attached hydrogen (secondary N) is 2. The van der Waals surface area contributed by atoms with Crippen molar-refractivity contribution in [2.24, 2.45) is 0 Å². The predicted molar refractivity (Wildman–Crippen MR) is 122 cm³/mol. The number of carboxylic acid groups (broad SMARTS) is 1. The van der Waals surface area contributed by atoms with Gasteiger partial charge >= 0.3 is 6.09 Å². The summed E-state index contributed by atoms with van der Waals surface area (Å²) in [4.78, 5) is 25.9. The summed E-state index contributed by atoms with van der Waals surface area (Å²) >= 11 is 0. The fourth-order valence-corrected chi connectivity index (χ4v) is 3.76. The van der Waals surface area contributed by atoms with Crippen molar-refractivity contribution in [3.63, 3.8) is 0 Å². The van der Waals surface area contributed by atoms with Crippen LogP contribution in [-0.2, 0) is 11.3 Å². The van der Waals surface area contributed by atoms with E-state index in [0.29, 0.717) is 30.2 Å². The highest BCUT2D eigenvalue weighted by atomic mass is 19.1. The minimum atomic E-state index is -1.01. The van der Waals surface area contributed by atoms with Crippen LogP contribution in [0.1, 0.15) is 12.0 Å². The van der Waals surface area contributed by atoms with Crippen molar-refractivity contribution in [2.45, 2.75) is 25.0 Å². The zero-order valence-electron chi connectivity index (χ0n) is 17.8. The highest BCUT2D eigenvalue weighted by Crippen LogP contribution is 2.24. The van der Waals surface area contributed by atoms with E-state index in [-0.39, 0.29) is 24.3 Å². The Morgan fingerprint density at radius 3 is 2.27 bits per heavy atom. The second kappa shape index (κ2) is 10.1. The topological polar surface area (TPSA) is 90.9 Å². The third-order valence-corrected chi connectivity index (χ3v) is 5.48. The predicted octanol–water partition coefficient (Wildman–Crippen LogP) is 4.47. The first-order valence-electron chi connectivity index (χ1n) is 10.6. The minimum absolute atomic E-state index is 0.227. The summed E-state index contributed by atoms with van der Waals surface area (Å²) in [5, 5.41) is 15.6. The Kier molecular flexibility index (Phi) is 6.85. The van der Waals surface area contributed by atoms with Crippen molar-refractivity contribution < 1.29 is 23.8 Å². The van der Waals surface area contributed by atoms with E-state index in [1.807, 2.05) is 30.3 Å². The molecule has 1 fully saturated rings. The normalized spacial score (nSPS) is 17.4. The molecular formula is C25H24FN3O4. The molecular weight excluding hydrogens is 425 g/mol. The second-order valence-corrected chi connectivity index (χ2v) is 7.82. The fourth-order valence-electron chi connectivity index (χ4n) is 3.76. The zero-order valence-corrected chi connectivity index (χ0v) is 17.8. The van der Waals surface area contributed by atoms with Gasteiger partial charge in [0, 0.05) is 24.8 Å². The van der Waals surface area contributed by atoms with E-state index in [0.717, 1.165) is 5.56 Å². The number of halogens is 1. The molecule has 7 nitrogen and oxygen atoms in total. The maximum absolute atomic E-state index is 13.0. The van der Waals surface area contributed by atoms with E-state index in [9.17, 15) is 19.1 Å². The highest BCUT2D eigenvalue weighted by molar-refractivity contribution is 5.95. The molecule has 33 heavy (non-hydrogen) atoms. The second-order valence-electron chi connectivity index (χ2n) is 7.82. The average Bonchev–Trinajstić information content (AvgIpc) is 3.31. The van der Waals surface area contributed by atoms with Gasteiger partial charge in [-0.25, -0.2) is 9.18 Å². The minimum Gasteiger partial charge on any atom is -0.465 e. The molecule has 3 N–H and O–H groups in total. The summed E-state index contributed by atoms with van der Waals surface area (Å²) in [6.45, 7) is 0.675. The lowest BCUT2D eigenvalue weighted by molar-refractivity contribution is -0.117. The zero-order chi connectivity index (χ0) is 23.2. The summed E-state index contributed by atoms with van der Waals surface area (Å²) < 4.78 is 18.7. The number of nitrogens with zero attached hydrogens (tertiary/aromatic N) is 1. The fraction of sp³-hybridized carbons (Fsp3) is 0.200. The summed E-state index contributed by atoms with van der Waals surface area (Å²) in [6.07, 6.45) is -0.625. The smallest absolute Gasteiger partial charge is 0.407 e. The van der Waals surface area contributed by atoms with Gasteiger partial charge in [0.15, 0.2) is 0 Å². The first-order valence-corrected chi connectivity index (χ1v) is 10.6. The molecule has 1 saturated heterocycles. The molecule has 2 amide bonds. The van der Waals surface area contributed by atoms with Crippen molar-refractivity contribution in [1.82, 2.24) is 10.2 Å². The van der Waals surface area contributed by atoms with Crippen LogP contribution in [0.5, 0.6) is 11.5 Å². The maximum atomic E-state index is 13.0. The van der Waals surface area contributed by atoms with Crippen LogP contribution in [-0.4, -0.2) is 40.6 Å². The molecule has 0 aliphatic carbocycles. The van der Waals surface area contributed by atoms with Crippen molar-refractivity contribution in [1.29, 1.82) is 0 Å². The number of carbonyl (C=O) groups is 2. The number of ether oxygens (including phenoxy) is 1. The Bertz CT molecular complexity index is 1090. The number of amides is 2. The Balaban J connectivity index is 1.32. The molecule has 1 aliphatic heterocycles. The standard InChI is InChI=1S/C25H24FN3O4/c26-18-6-10-21(11-7-18)33-22-12-8-19(9-13-22)28-24(30)23-14-20(15-27-23)29(25(31)32)16-17-4-2-1-3-5-17/h1-13,20,23,27H,14-16H2,(H,28,30)(H,31,32)/t20-,23+/m1/s1. The molecule has 0 unspecified atom stereocenters. The van der Waals surface area contributed by atoms with Crippen molar-refractivity contribution in [3.05, 3.63) is 90.2 Å². The Morgan fingerprint density at radius 2 is 1.64 bits per heavy atom. The summed E-state index contributed by atoms with van der Waals surface area (Å²) in [5.41, 5.74) is 1.49. The van der Waals surface area contributed by atoms with Gasteiger partial charge in [0.05, 0.1) is 6.04 Å². The number of carbonyl (C=O) groups excluding carboxylic acids is 1. The SMILES string of the molecule is O=C(Nc1ccc(Oc2ccc(F)cc2)cc1)[C@@H]1C[C@@H](N(Cc2ccccc2)C(=O)O)CN1. The van der Waals surface area contributed by atoms with Crippen LogP contribution in [0, 0.1) is 5.82 Å². The Labute approximate surface area is 190 Å². The molecule has 1 aliphatic rings. The van der Waals surface area contributed by atoms with E-state index in [2.05, 4.69) is 10.6 Å². The van der Waals surface area contributed by atoms with Crippen LogP contribution >= 0.6 is 0 Å². The monoisotopic (exact) mass is 449 g/mol. The molecule has 0 spiro atoms. The van der Waals surface area contributed by atoms with E-state index in [4.69, 9.17) is 4.74 Å². The number of anilines is 1. The van der Waals surface area contributed by atoms with E-state index in [1.165, 1.54) is 29.2 Å². The third kappa shape index (κ3) is 5.87. The van der Waals surface area contributed by atoms with Crippen LogP contribution in [0.25, 0.3) is 0 Å². The first kappa shape index (κ1) is 22.3. The molecule has 4 rings (SSSR count). The number of hydrogen-bond acceptors (Lipinski definition) is 4. The average molecular weight is 449 g/mol. The van der Waals surface area contributed by atoms with Crippen LogP contribution < -0.4 is 15.4 Å². The first-order chi connectivity index (χ1) is 16.0. The summed E-state index contributed by atoms with van der Waals surface area (Å²) in [5.74, 6) is 0.494. The number of benzene rings is 3. The lowest BCUT2D eigenvalue weighted by Gasteiger charge is -2.25. The molecule has 3 aromatic carbocycles. The lowest BCUT2D eigenvalue weighted by atomic mass is 10.1. The van der Waals surface area contributed by atoms with Crippen LogP contribution in [0.15, 0.2) is 78.9 Å².